The number of hydrogen-bond acceptors (Lipinski definition) is 3. The van der Waals surface area contributed by atoms with E-state index in [0.717, 1.165) is 0 Å². The second-order valence-electron chi connectivity index (χ2n) is 1.64. The molecule has 1 rings (SSSR count). The van der Waals surface area contributed by atoms with Crippen LogP contribution in [0.2, 0.25) is 0 Å². The molecule has 0 aliphatic rings. The van der Waals surface area contributed by atoms with E-state index in [9.17, 15) is 4.79 Å². The highest BCUT2D eigenvalue weighted by molar-refractivity contribution is 14.1. The zero-order valence-electron chi connectivity index (χ0n) is 5.08. The molecular weight excluding hydrogens is 327 g/mol. The van der Waals surface area contributed by atoms with Crippen LogP contribution in [0.4, 0.5) is 0 Å². The van der Waals surface area contributed by atoms with Crippen molar-refractivity contribution < 1.29 is 9.90 Å². The summed E-state index contributed by atoms with van der Waals surface area (Å²) in [6.07, 6.45) is 1.41. The van der Waals surface area contributed by atoms with E-state index in [1.54, 1.807) is 0 Å². The normalized spacial score (nSPS) is 9.64. The fourth-order valence-electron chi connectivity index (χ4n) is 0.496. The number of carbonyl (C=O) groups is 1. The van der Waals surface area contributed by atoms with Gasteiger partial charge < -0.3 is 5.11 Å². The summed E-state index contributed by atoms with van der Waals surface area (Å²) >= 11 is 4.87. The molecule has 1 N–H and O–H groups in total. The quantitative estimate of drug-likeness (QED) is 0.627. The summed E-state index contributed by atoms with van der Waals surface area (Å²) < 4.78 is 0.814. The maximum absolute atomic E-state index is 10.5. The Morgan fingerprint density at radius 3 is 2.82 bits per heavy atom. The van der Waals surface area contributed by atoms with Gasteiger partial charge in [-0.2, -0.15) is 0 Å². The standard InChI is InChI=1S/C5H2BrIN2O2/c6-2-1-8-5(7)9-3(2)4(10)11/h1H,(H,10,11). The molecule has 0 fully saturated rings. The topological polar surface area (TPSA) is 63.1 Å². The van der Waals surface area contributed by atoms with Crippen LogP contribution >= 0.6 is 38.5 Å². The Labute approximate surface area is 84.3 Å². The number of rotatable bonds is 1. The molecule has 6 heteroatoms. The first kappa shape index (κ1) is 8.85. The largest absolute Gasteiger partial charge is 0.476 e. The van der Waals surface area contributed by atoms with Crippen LogP contribution in [0.15, 0.2) is 10.7 Å². The molecule has 0 unspecified atom stereocenters. The lowest BCUT2D eigenvalue weighted by Gasteiger charge is -1.95. The summed E-state index contributed by atoms with van der Waals surface area (Å²) in [5.41, 5.74) is -0.00981. The molecule has 0 bridgehead atoms. The van der Waals surface area contributed by atoms with Gasteiger partial charge in [-0.15, -0.1) is 0 Å². The molecule has 0 aliphatic carbocycles. The van der Waals surface area contributed by atoms with Crippen molar-refractivity contribution in [2.45, 2.75) is 0 Å². The van der Waals surface area contributed by atoms with Crippen LogP contribution in [-0.2, 0) is 0 Å². The molecular formula is C5H2BrIN2O2. The fourth-order valence-corrected chi connectivity index (χ4v) is 1.24. The highest BCUT2D eigenvalue weighted by Gasteiger charge is 2.10. The van der Waals surface area contributed by atoms with E-state index in [0.29, 0.717) is 8.30 Å². The molecule has 0 atom stereocenters. The second-order valence-corrected chi connectivity index (χ2v) is 3.46. The van der Waals surface area contributed by atoms with Gasteiger partial charge in [0.05, 0.1) is 4.47 Å². The first-order chi connectivity index (χ1) is 5.11. The first-order valence-corrected chi connectivity index (χ1v) is 4.40. The Morgan fingerprint density at radius 2 is 2.36 bits per heavy atom. The molecule has 0 amide bonds. The van der Waals surface area contributed by atoms with Crippen LogP contribution in [0.3, 0.4) is 0 Å². The maximum atomic E-state index is 10.5. The van der Waals surface area contributed by atoms with E-state index in [-0.39, 0.29) is 5.69 Å². The molecule has 0 saturated heterocycles. The molecule has 0 saturated carbocycles. The first-order valence-electron chi connectivity index (χ1n) is 2.52. The zero-order valence-corrected chi connectivity index (χ0v) is 8.83. The number of carboxylic acids is 1. The van der Waals surface area contributed by atoms with Crippen LogP contribution in [0.5, 0.6) is 0 Å². The third-order valence-corrected chi connectivity index (χ3v) is 2.02. The third-order valence-electron chi connectivity index (χ3n) is 0.917. The molecule has 1 aromatic rings. The van der Waals surface area contributed by atoms with Gasteiger partial charge in [0.2, 0.25) is 0 Å². The number of aromatic nitrogens is 2. The minimum Gasteiger partial charge on any atom is -0.476 e. The van der Waals surface area contributed by atoms with Gasteiger partial charge in [0.1, 0.15) is 0 Å². The van der Waals surface area contributed by atoms with Crippen molar-refractivity contribution in [3.63, 3.8) is 0 Å². The van der Waals surface area contributed by atoms with Gasteiger partial charge in [0.15, 0.2) is 9.53 Å². The number of hydrogen-bond donors (Lipinski definition) is 1. The van der Waals surface area contributed by atoms with Crippen LogP contribution < -0.4 is 0 Å². The lowest BCUT2D eigenvalue weighted by atomic mass is 10.4. The van der Waals surface area contributed by atoms with E-state index in [4.69, 9.17) is 5.11 Å². The van der Waals surface area contributed by atoms with Crippen LogP contribution in [-0.4, -0.2) is 21.0 Å². The predicted molar refractivity (Wildman–Crippen MR) is 49.4 cm³/mol. The van der Waals surface area contributed by atoms with Gasteiger partial charge in [-0.1, -0.05) is 0 Å². The maximum Gasteiger partial charge on any atom is 0.355 e. The second kappa shape index (κ2) is 3.44. The summed E-state index contributed by atoms with van der Waals surface area (Å²) in [6, 6.07) is 0. The third kappa shape index (κ3) is 2.09. The van der Waals surface area contributed by atoms with E-state index in [2.05, 4.69) is 25.9 Å². The molecule has 0 aromatic carbocycles. The zero-order chi connectivity index (χ0) is 8.43. The van der Waals surface area contributed by atoms with Crippen molar-refractivity contribution in [2.75, 3.05) is 0 Å². The number of carboxylic acid groups (broad SMARTS) is 1. The van der Waals surface area contributed by atoms with Crippen molar-refractivity contribution >= 4 is 44.5 Å². The van der Waals surface area contributed by atoms with Crippen LogP contribution in [0.1, 0.15) is 10.5 Å². The van der Waals surface area contributed by atoms with Crippen molar-refractivity contribution in [3.05, 3.63) is 20.2 Å². The Kier molecular flexibility index (Phi) is 2.77. The lowest BCUT2D eigenvalue weighted by Crippen LogP contribution is -2.03. The van der Waals surface area contributed by atoms with E-state index < -0.39 is 5.97 Å². The minimum atomic E-state index is -1.06. The van der Waals surface area contributed by atoms with E-state index >= 15 is 0 Å². The van der Waals surface area contributed by atoms with Crippen LogP contribution in [0, 0.1) is 3.83 Å². The Hall–Kier alpha value is -0.240. The fraction of sp³-hybridized carbons (Fsp3) is 0. The van der Waals surface area contributed by atoms with Crippen molar-refractivity contribution in [1.29, 1.82) is 0 Å². The number of nitrogens with zero attached hydrogens (tertiary/aromatic N) is 2. The summed E-state index contributed by atoms with van der Waals surface area (Å²) in [5.74, 6) is -1.06. The molecule has 1 heterocycles. The highest BCUT2D eigenvalue weighted by atomic mass is 127. The van der Waals surface area contributed by atoms with Gasteiger partial charge in [-0.25, -0.2) is 14.8 Å². The van der Waals surface area contributed by atoms with Gasteiger partial charge in [-0.3, -0.25) is 0 Å². The van der Waals surface area contributed by atoms with Crippen molar-refractivity contribution in [2.24, 2.45) is 0 Å². The SMILES string of the molecule is O=C(O)c1nc(I)ncc1Br. The molecule has 0 radical (unpaired) electrons. The summed E-state index contributed by atoms with van der Waals surface area (Å²) in [5, 5.41) is 8.57. The average molecular weight is 329 g/mol. The van der Waals surface area contributed by atoms with Gasteiger partial charge in [0.25, 0.3) is 0 Å². The average Bonchev–Trinajstić information content (AvgIpc) is 1.94. The molecule has 0 spiro atoms. The van der Waals surface area contributed by atoms with E-state index in [1.807, 2.05) is 22.6 Å². The summed E-state index contributed by atoms with van der Waals surface area (Å²) in [4.78, 5) is 17.9. The molecule has 0 aliphatic heterocycles. The highest BCUT2D eigenvalue weighted by Crippen LogP contribution is 2.13. The number of halogens is 2. The van der Waals surface area contributed by atoms with Crippen LogP contribution in [0.25, 0.3) is 0 Å². The molecule has 11 heavy (non-hydrogen) atoms. The summed E-state index contributed by atoms with van der Waals surface area (Å²) in [7, 11) is 0. The Bertz CT molecular complexity index is 305. The predicted octanol–water partition coefficient (Wildman–Crippen LogP) is 1.54. The Morgan fingerprint density at radius 1 is 1.73 bits per heavy atom. The van der Waals surface area contributed by atoms with E-state index in [1.165, 1.54) is 6.20 Å². The van der Waals surface area contributed by atoms with Gasteiger partial charge in [0, 0.05) is 28.8 Å². The smallest absolute Gasteiger partial charge is 0.355 e. The monoisotopic (exact) mass is 328 g/mol. The lowest BCUT2D eigenvalue weighted by molar-refractivity contribution is 0.0689. The minimum absolute atomic E-state index is 0.00981. The van der Waals surface area contributed by atoms with Crippen molar-refractivity contribution in [3.8, 4) is 0 Å². The number of aromatic carboxylic acids is 1. The molecule has 1 aromatic heterocycles. The van der Waals surface area contributed by atoms with Crippen molar-refractivity contribution in [1.82, 2.24) is 9.97 Å². The molecule has 58 valence electrons. The van der Waals surface area contributed by atoms with Gasteiger partial charge >= 0.3 is 5.97 Å². The molecule has 4 nitrogen and oxygen atoms in total. The Balaban J connectivity index is 3.23. The van der Waals surface area contributed by atoms with Gasteiger partial charge in [-0.05, 0) is 15.9 Å². The summed E-state index contributed by atoms with van der Waals surface area (Å²) in [6.45, 7) is 0.